The van der Waals surface area contributed by atoms with E-state index >= 15 is 0 Å². The molecule has 1 heterocycles. The van der Waals surface area contributed by atoms with Gasteiger partial charge in [-0.05, 0) is 18.8 Å². The molecule has 96 valence electrons. The van der Waals surface area contributed by atoms with Crippen molar-refractivity contribution in [2.45, 2.75) is 38.8 Å². The van der Waals surface area contributed by atoms with Crippen molar-refractivity contribution in [1.29, 1.82) is 0 Å². The Morgan fingerprint density at radius 3 is 2.53 bits per heavy atom. The first-order valence-corrected chi connectivity index (χ1v) is 6.25. The molecule has 17 heavy (non-hydrogen) atoms. The van der Waals surface area contributed by atoms with E-state index in [0.29, 0.717) is 6.04 Å². The van der Waals surface area contributed by atoms with Gasteiger partial charge in [-0.15, -0.1) is 6.42 Å². The number of amides is 1. The van der Waals surface area contributed by atoms with Crippen molar-refractivity contribution in [3.8, 4) is 12.3 Å². The molecule has 0 aromatic heterocycles. The zero-order valence-corrected chi connectivity index (χ0v) is 10.8. The Bertz CT molecular complexity index is 288. The van der Waals surface area contributed by atoms with Gasteiger partial charge in [-0.2, -0.15) is 0 Å². The lowest BCUT2D eigenvalue weighted by atomic mass is 9.99. The van der Waals surface area contributed by atoms with Crippen LogP contribution >= 0.6 is 0 Å². The number of carbonyl (C=O) groups is 1. The Morgan fingerprint density at radius 2 is 2.12 bits per heavy atom. The van der Waals surface area contributed by atoms with Crippen molar-refractivity contribution in [3.63, 3.8) is 0 Å². The molecule has 4 nitrogen and oxygen atoms in total. The second-order valence-electron chi connectivity index (χ2n) is 5.05. The van der Waals surface area contributed by atoms with Crippen molar-refractivity contribution in [2.24, 2.45) is 11.7 Å². The van der Waals surface area contributed by atoms with Gasteiger partial charge in [-0.1, -0.05) is 19.8 Å². The Labute approximate surface area is 104 Å². The van der Waals surface area contributed by atoms with E-state index in [2.05, 4.69) is 16.1 Å². The number of primary amides is 1. The third-order valence-electron chi connectivity index (χ3n) is 3.29. The SMILES string of the molecule is C#CCN1CCC(NC(C(N)=O)C(C)C)CC1. The van der Waals surface area contributed by atoms with Gasteiger partial charge in [0.25, 0.3) is 0 Å². The second kappa shape index (κ2) is 6.63. The van der Waals surface area contributed by atoms with Gasteiger partial charge >= 0.3 is 0 Å². The number of carbonyl (C=O) groups excluding carboxylic acids is 1. The van der Waals surface area contributed by atoms with Crippen LogP contribution in [0.15, 0.2) is 0 Å². The molecule has 0 saturated carbocycles. The Hall–Kier alpha value is -1.05. The van der Waals surface area contributed by atoms with Crippen LogP contribution in [0.5, 0.6) is 0 Å². The normalized spacial score (nSPS) is 20.1. The number of nitrogens with two attached hydrogens (primary N) is 1. The predicted molar refractivity (Wildman–Crippen MR) is 69.3 cm³/mol. The first-order chi connectivity index (χ1) is 8.04. The van der Waals surface area contributed by atoms with E-state index in [-0.39, 0.29) is 17.9 Å². The van der Waals surface area contributed by atoms with E-state index in [4.69, 9.17) is 12.2 Å². The van der Waals surface area contributed by atoms with Crippen molar-refractivity contribution >= 4 is 5.91 Å². The highest BCUT2D eigenvalue weighted by Gasteiger charge is 2.25. The molecule has 1 rings (SSSR count). The van der Waals surface area contributed by atoms with Crippen molar-refractivity contribution in [2.75, 3.05) is 19.6 Å². The summed E-state index contributed by atoms with van der Waals surface area (Å²) in [5.74, 6) is 2.64. The van der Waals surface area contributed by atoms with Gasteiger partial charge in [0.2, 0.25) is 5.91 Å². The van der Waals surface area contributed by atoms with E-state index in [1.807, 2.05) is 13.8 Å². The monoisotopic (exact) mass is 237 g/mol. The number of nitrogens with one attached hydrogen (secondary N) is 1. The number of piperidine rings is 1. The van der Waals surface area contributed by atoms with Crippen LogP contribution in [0.3, 0.4) is 0 Å². The summed E-state index contributed by atoms with van der Waals surface area (Å²) in [5.41, 5.74) is 5.39. The number of terminal acetylenes is 1. The summed E-state index contributed by atoms with van der Waals surface area (Å²) in [7, 11) is 0. The zero-order chi connectivity index (χ0) is 12.8. The van der Waals surface area contributed by atoms with Crippen molar-refractivity contribution in [1.82, 2.24) is 10.2 Å². The molecule has 3 N–H and O–H groups in total. The topological polar surface area (TPSA) is 58.4 Å². The first-order valence-electron chi connectivity index (χ1n) is 6.25. The van der Waals surface area contributed by atoms with Crippen LogP contribution in [0, 0.1) is 18.3 Å². The minimum atomic E-state index is -0.258. The minimum absolute atomic E-state index is 0.223. The number of likely N-dealkylation sites (tertiary alicyclic amines) is 1. The average Bonchev–Trinajstić information content (AvgIpc) is 2.27. The van der Waals surface area contributed by atoms with Gasteiger partial charge in [0, 0.05) is 19.1 Å². The van der Waals surface area contributed by atoms with Crippen LogP contribution in [0.2, 0.25) is 0 Å². The van der Waals surface area contributed by atoms with Gasteiger partial charge < -0.3 is 11.1 Å². The maximum atomic E-state index is 11.3. The molecule has 1 unspecified atom stereocenters. The highest BCUT2D eigenvalue weighted by Crippen LogP contribution is 2.12. The lowest BCUT2D eigenvalue weighted by Gasteiger charge is -2.33. The quantitative estimate of drug-likeness (QED) is 0.671. The summed E-state index contributed by atoms with van der Waals surface area (Å²) in [6.07, 6.45) is 7.34. The van der Waals surface area contributed by atoms with E-state index in [0.717, 1.165) is 32.5 Å². The molecule has 0 aromatic carbocycles. The van der Waals surface area contributed by atoms with E-state index in [9.17, 15) is 4.79 Å². The molecule has 4 heteroatoms. The van der Waals surface area contributed by atoms with Gasteiger partial charge in [-0.3, -0.25) is 9.69 Å². The number of hydrogen-bond donors (Lipinski definition) is 2. The van der Waals surface area contributed by atoms with E-state index < -0.39 is 0 Å². The Kier molecular flexibility index (Phi) is 5.46. The molecule has 0 radical (unpaired) electrons. The predicted octanol–water partition coefficient (Wildman–Crippen LogP) is 0.184. The molecular weight excluding hydrogens is 214 g/mol. The molecular formula is C13H23N3O. The molecule has 1 amide bonds. The maximum absolute atomic E-state index is 11.3. The standard InChI is InChI=1S/C13H23N3O/c1-4-7-16-8-5-11(6-9-16)15-12(10(2)3)13(14)17/h1,10-12,15H,5-9H2,2-3H3,(H2,14,17). The molecule has 0 aromatic rings. The highest BCUT2D eigenvalue weighted by atomic mass is 16.1. The molecule has 0 bridgehead atoms. The van der Waals surface area contributed by atoms with E-state index in [1.54, 1.807) is 0 Å². The molecule has 1 fully saturated rings. The second-order valence-corrected chi connectivity index (χ2v) is 5.05. The van der Waals surface area contributed by atoms with Crippen LogP contribution in [-0.2, 0) is 4.79 Å². The first kappa shape index (κ1) is 14.0. The average molecular weight is 237 g/mol. The molecule has 1 aliphatic rings. The van der Waals surface area contributed by atoms with Crippen LogP contribution in [-0.4, -0.2) is 42.5 Å². The lowest BCUT2D eigenvalue weighted by molar-refractivity contribution is -0.121. The Morgan fingerprint density at radius 1 is 1.53 bits per heavy atom. The third kappa shape index (κ3) is 4.37. The van der Waals surface area contributed by atoms with Gasteiger partial charge in [0.05, 0.1) is 12.6 Å². The van der Waals surface area contributed by atoms with Gasteiger partial charge in [0.15, 0.2) is 0 Å². The minimum Gasteiger partial charge on any atom is -0.368 e. The zero-order valence-electron chi connectivity index (χ0n) is 10.8. The summed E-state index contributed by atoms with van der Waals surface area (Å²) in [6.45, 7) is 6.72. The third-order valence-corrected chi connectivity index (χ3v) is 3.29. The molecule has 0 spiro atoms. The highest BCUT2D eigenvalue weighted by molar-refractivity contribution is 5.80. The van der Waals surface area contributed by atoms with Crippen molar-refractivity contribution in [3.05, 3.63) is 0 Å². The fraction of sp³-hybridized carbons (Fsp3) is 0.769. The van der Waals surface area contributed by atoms with E-state index in [1.165, 1.54) is 0 Å². The van der Waals surface area contributed by atoms with Crippen LogP contribution in [0.4, 0.5) is 0 Å². The van der Waals surface area contributed by atoms with Gasteiger partial charge in [0.1, 0.15) is 0 Å². The smallest absolute Gasteiger partial charge is 0.234 e. The molecule has 1 aliphatic heterocycles. The van der Waals surface area contributed by atoms with Gasteiger partial charge in [-0.25, -0.2) is 0 Å². The largest absolute Gasteiger partial charge is 0.368 e. The number of hydrogen-bond acceptors (Lipinski definition) is 3. The lowest BCUT2D eigenvalue weighted by Crippen LogP contribution is -2.52. The maximum Gasteiger partial charge on any atom is 0.234 e. The number of rotatable bonds is 5. The summed E-state index contributed by atoms with van der Waals surface area (Å²) in [5, 5.41) is 3.36. The summed E-state index contributed by atoms with van der Waals surface area (Å²) >= 11 is 0. The molecule has 1 saturated heterocycles. The summed E-state index contributed by atoms with van der Waals surface area (Å²) in [4.78, 5) is 13.6. The summed E-state index contributed by atoms with van der Waals surface area (Å²) in [6, 6.07) is 0.156. The Balaban J connectivity index is 2.39. The van der Waals surface area contributed by atoms with Crippen LogP contribution in [0.25, 0.3) is 0 Å². The number of nitrogens with zero attached hydrogens (tertiary/aromatic N) is 1. The van der Waals surface area contributed by atoms with Crippen LogP contribution < -0.4 is 11.1 Å². The fourth-order valence-corrected chi connectivity index (χ4v) is 2.24. The van der Waals surface area contributed by atoms with Crippen molar-refractivity contribution < 1.29 is 4.79 Å². The molecule has 1 atom stereocenters. The fourth-order valence-electron chi connectivity index (χ4n) is 2.24. The summed E-state index contributed by atoms with van der Waals surface area (Å²) < 4.78 is 0. The molecule has 0 aliphatic carbocycles. The van der Waals surface area contributed by atoms with Crippen LogP contribution in [0.1, 0.15) is 26.7 Å².